The van der Waals surface area contributed by atoms with Gasteiger partial charge in [0.05, 0.1) is 5.56 Å². The Bertz CT molecular complexity index is 676. The molecule has 2 rings (SSSR count). The molecule has 0 radical (unpaired) electrons. The molecule has 1 aromatic rings. The summed E-state index contributed by atoms with van der Waals surface area (Å²) in [5.74, 6) is 0.709. The van der Waals surface area contributed by atoms with Crippen LogP contribution in [0, 0.1) is 0 Å². The molecule has 1 aromatic carbocycles. The van der Waals surface area contributed by atoms with Gasteiger partial charge < -0.3 is 20.3 Å². The molecule has 1 fully saturated rings. The molecule has 0 aliphatic carbocycles. The Morgan fingerprint density at radius 1 is 1.23 bits per heavy atom. The van der Waals surface area contributed by atoms with Gasteiger partial charge in [-0.3, -0.25) is 4.99 Å². The van der Waals surface area contributed by atoms with Gasteiger partial charge in [-0.05, 0) is 50.9 Å². The highest BCUT2D eigenvalue weighted by Gasteiger charge is 2.35. The molecule has 0 saturated carbocycles. The van der Waals surface area contributed by atoms with Crippen molar-refractivity contribution in [2.75, 3.05) is 47.4 Å². The Kier molecular flexibility index (Phi) is 10.9. The Morgan fingerprint density at radius 3 is 2.47 bits per heavy atom. The minimum absolute atomic E-state index is 0. The van der Waals surface area contributed by atoms with E-state index in [1.54, 1.807) is 13.1 Å². The lowest BCUT2D eigenvalue weighted by atomic mass is 9.88. The number of benzene rings is 1. The maximum Gasteiger partial charge on any atom is 0.416 e. The number of aliphatic imine (C=N–C) groups is 1. The van der Waals surface area contributed by atoms with Crippen LogP contribution in [0.2, 0.25) is 0 Å². The zero-order valence-corrected chi connectivity index (χ0v) is 20.5. The largest absolute Gasteiger partial charge is 0.416 e. The van der Waals surface area contributed by atoms with Crippen LogP contribution in [-0.4, -0.2) is 63.8 Å². The molecular formula is C21H34F3IN4O. The molecule has 1 atom stereocenters. The molecule has 2 N–H and O–H groups in total. The van der Waals surface area contributed by atoms with Crippen LogP contribution in [-0.2, 0) is 10.9 Å². The van der Waals surface area contributed by atoms with E-state index in [2.05, 4.69) is 34.6 Å². The summed E-state index contributed by atoms with van der Waals surface area (Å²) < 4.78 is 44.2. The van der Waals surface area contributed by atoms with E-state index in [0.29, 0.717) is 24.5 Å². The van der Waals surface area contributed by atoms with Crippen LogP contribution < -0.4 is 10.6 Å². The summed E-state index contributed by atoms with van der Waals surface area (Å²) in [7, 11) is 5.89. The third-order valence-electron chi connectivity index (χ3n) is 5.83. The molecule has 0 amide bonds. The molecule has 172 valence electrons. The number of ether oxygens (including phenoxy) is 1. The molecule has 1 unspecified atom stereocenters. The van der Waals surface area contributed by atoms with Crippen molar-refractivity contribution in [2.24, 2.45) is 4.99 Å². The average Bonchev–Trinajstić information content (AvgIpc) is 2.70. The second-order valence-corrected chi connectivity index (χ2v) is 7.90. The fourth-order valence-corrected chi connectivity index (χ4v) is 3.60. The van der Waals surface area contributed by atoms with E-state index in [1.165, 1.54) is 12.1 Å². The lowest BCUT2D eigenvalue weighted by molar-refractivity contribution is -0.137. The predicted octanol–water partition coefficient (Wildman–Crippen LogP) is 4.09. The molecule has 1 heterocycles. The Morgan fingerprint density at radius 2 is 1.90 bits per heavy atom. The van der Waals surface area contributed by atoms with Crippen LogP contribution in [0.15, 0.2) is 29.3 Å². The summed E-state index contributed by atoms with van der Waals surface area (Å²) in [5, 5.41) is 6.67. The zero-order chi connectivity index (χ0) is 21.5. The molecule has 0 spiro atoms. The third-order valence-corrected chi connectivity index (χ3v) is 5.83. The van der Waals surface area contributed by atoms with Crippen molar-refractivity contribution in [2.45, 2.75) is 43.8 Å². The van der Waals surface area contributed by atoms with Gasteiger partial charge in [0.1, 0.15) is 0 Å². The Balaban J connectivity index is 0.00000450. The highest BCUT2D eigenvalue weighted by Crippen LogP contribution is 2.31. The van der Waals surface area contributed by atoms with Crippen LogP contribution in [0.5, 0.6) is 0 Å². The van der Waals surface area contributed by atoms with Crippen LogP contribution >= 0.6 is 24.0 Å². The lowest BCUT2D eigenvalue weighted by Gasteiger charge is -2.43. The van der Waals surface area contributed by atoms with Gasteiger partial charge in [0, 0.05) is 38.9 Å². The molecular weight excluding hydrogens is 508 g/mol. The Hall–Kier alpha value is -1.07. The summed E-state index contributed by atoms with van der Waals surface area (Å²) in [5.41, 5.74) is 0.123. The van der Waals surface area contributed by atoms with Crippen molar-refractivity contribution in [1.82, 2.24) is 15.5 Å². The maximum atomic E-state index is 12.9. The molecule has 1 aliphatic rings. The fraction of sp³-hybridized carbons (Fsp3) is 0.667. The number of guanidine groups is 1. The van der Waals surface area contributed by atoms with E-state index in [9.17, 15) is 13.2 Å². The van der Waals surface area contributed by atoms with Crippen molar-refractivity contribution in [3.05, 3.63) is 35.4 Å². The first-order valence-corrected chi connectivity index (χ1v) is 10.0. The summed E-state index contributed by atoms with van der Waals surface area (Å²) in [4.78, 5) is 6.52. The summed E-state index contributed by atoms with van der Waals surface area (Å²) >= 11 is 0. The maximum absolute atomic E-state index is 12.9. The highest BCUT2D eigenvalue weighted by atomic mass is 127. The molecule has 5 nitrogen and oxygen atoms in total. The Labute approximate surface area is 194 Å². The van der Waals surface area contributed by atoms with Gasteiger partial charge in [-0.25, -0.2) is 0 Å². The first-order valence-electron chi connectivity index (χ1n) is 10.0. The number of nitrogens with zero attached hydrogens (tertiary/aromatic N) is 2. The topological polar surface area (TPSA) is 48.9 Å². The van der Waals surface area contributed by atoms with Gasteiger partial charge >= 0.3 is 6.18 Å². The van der Waals surface area contributed by atoms with E-state index in [1.807, 2.05) is 6.92 Å². The number of nitrogens with one attached hydrogen (secondary N) is 2. The standard InChI is InChI=1S/C21H33F3N4O.HI/c1-16(17-6-5-7-18(14-17)21(22,23)24)8-11-26-19(25-2)27-15-20(28(3)4)9-12-29-13-10-20;/h5-7,14,16H,8-13,15H2,1-4H3,(H2,25,26,27);1H. The monoisotopic (exact) mass is 542 g/mol. The summed E-state index contributed by atoms with van der Waals surface area (Å²) in [6, 6.07) is 5.57. The summed E-state index contributed by atoms with van der Waals surface area (Å²) in [6.45, 7) is 4.82. The molecule has 9 heteroatoms. The van der Waals surface area contributed by atoms with Crippen molar-refractivity contribution in [3.63, 3.8) is 0 Å². The quantitative estimate of drug-likeness (QED) is 0.310. The predicted molar refractivity (Wildman–Crippen MR) is 126 cm³/mol. The first-order chi connectivity index (χ1) is 13.7. The van der Waals surface area contributed by atoms with E-state index >= 15 is 0 Å². The number of alkyl halides is 3. The van der Waals surface area contributed by atoms with E-state index < -0.39 is 11.7 Å². The van der Waals surface area contributed by atoms with E-state index in [-0.39, 0.29) is 35.4 Å². The average molecular weight is 542 g/mol. The highest BCUT2D eigenvalue weighted by molar-refractivity contribution is 14.0. The van der Waals surface area contributed by atoms with Crippen LogP contribution in [0.25, 0.3) is 0 Å². The van der Waals surface area contributed by atoms with Crippen LogP contribution in [0.4, 0.5) is 13.2 Å². The fourth-order valence-electron chi connectivity index (χ4n) is 3.60. The van der Waals surface area contributed by atoms with Crippen molar-refractivity contribution in [3.8, 4) is 0 Å². The second kappa shape index (κ2) is 12.1. The number of rotatable bonds is 7. The zero-order valence-electron chi connectivity index (χ0n) is 18.2. The molecule has 0 bridgehead atoms. The van der Waals surface area contributed by atoms with E-state index in [0.717, 1.165) is 38.7 Å². The molecule has 30 heavy (non-hydrogen) atoms. The number of hydrogen-bond acceptors (Lipinski definition) is 3. The summed E-state index contributed by atoms with van der Waals surface area (Å²) in [6.07, 6.45) is -1.70. The third kappa shape index (κ3) is 7.56. The SMILES string of the molecule is CN=C(NCCC(C)c1cccc(C(F)(F)F)c1)NCC1(N(C)C)CCOCC1.I. The van der Waals surface area contributed by atoms with Gasteiger partial charge in [-0.15, -0.1) is 24.0 Å². The van der Waals surface area contributed by atoms with Crippen molar-refractivity contribution >= 4 is 29.9 Å². The number of likely N-dealkylation sites (N-methyl/N-ethyl adjacent to an activating group) is 1. The van der Waals surface area contributed by atoms with Gasteiger partial charge in [0.25, 0.3) is 0 Å². The molecule has 1 aliphatic heterocycles. The number of hydrogen-bond donors (Lipinski definition) is 2. The van der Waals surface area contributed by atoms with Crippen molar-refractivity contribution in [1.29, 1.82) is 0 Å². The smallest absolute Gasteiger partial charge is 0.381 e. The first kappa shape index (κ1) is 27.0. The molecule has 0 aromatic heterocycles. The van der Waals surface area contributed by atoms with Gasteiger partial charge in [0.15, 0.2) is 5.96 Å². The minimum Gasteiger partial charge on any atom is -0.381 e. The lowest BCUT2D eigenvalue weighted by Crippen LogP contribution is -2.57. The second-order valence-electron chi connectivity index (χ2n) is 7.90. The van der Waals surface area contributed by atoms with Crippen LogP contribution in [0.3, 0.4) is 0 Å². The minimum atomic E-state index is -4.31. The van der Waals surface area contributed by atoms with Gasteiger partial charge in [-0.2, -0.15) is 13.2 Å². The van der Waals surface area contributed by atoms with Gasteiger partial charge in [-0.1, -0.05) is 25.1 Å². The number of halogens is 4. The molecule has 1 saturated heterocycles. The van der Waals surface area contributed by atoms with E-state index in [4.69, 9.17) is 4.74 Å². The van der Waals surface area contributed by atoms with Gasteiger partial charge in [0.2, 0.25) is 0 Å². The normalized spacial score (nSPS) is 17.9. The van der Waals surface area contributed by atoms with Crippen molar-refractivity contribution < 1.29 is 17.9 Å². The van der Waals surface area contributed by atoms with Crippen LogP contribution in [0.1, 0.15) is 43.2 Å².